The Morgan fingerprint density at radius 2 is 1.22 bits per heavy atom. The zero-order valence-corrected chi connectivity index (χ0v) is 21.1. The summed E-state index contributed by atoms with van der Waals surface area (Å²) in [5.74, 6) is -0.405. The van der Waals surface area contributed by atoms with Gasteiger partial charge in [0.25, 0.3) is 0 Å². The van der Waals surface area contributed by atoms with Gasteiger partial charge >= 0.3 is 17.9 Å². The number of rotatable bonds is 9. The van der Waals surface area contributed by atoms with E-state index in [0.717, 1.165) is 28.7 Å². The average molecular weight is 497 g/mol. The Kier molecular flexibility index (Phi) is 8.95. The molecule has 0 spiro atoms. The lowest BCUT2D eigenvalue weighted by atomic mass is 9.96. The smallest absolute Gasteiger partial charge is 0.338 e. The van der Waals surface area contributed by atoms with Crippen molar-refractivity contribution in [3.05, 3.63) is 108 Å². The van der Waals surface area contributed by atoms with E-state index < -0.39 is 17.9 Å². The van der Waals surface area contributed by atoms with Crippen molar-refractivity contribution in [1.29, 1.82) is 0 Å². The minimum absolute atomic E-state index is 0.291. The number of hydrogen-bond donors (Lipinski definition) is 0. The first-order valence-electron chi connectivity index (χ1n) is 11.6. The van der Waals surface area contributed by atoms with Crippen LogP contribution in [0, 0.1) is 0 Å². The maximum Gasteiger partial charge on any atom is 0.338 e. The lowest BCUT2D eigenvalue weighted by Crippen LogP contribution is -2.08. The van der Waals surface area contributed by atoms with E-state index in [0.29, 0.717) is 28.4 Å². The summed E-state index contributed by atoms with van der Waals surface area (Å²) in [7, 11) is 0. The van der Waals surface area contributed by atoms with Gasteiger partial charge < -0.3 is 14.2 Å². The van der Waals surface area contributed by atoms with Crippen LogP contribution in [0.1, 0.15) is 31.9 Å². The summed E-state index contributed by atoms with van der Waals surface area (Å²) in [6, 6.07) is 19.4. The molecule has 6 nitrogen and oxygen atoms in total. The molecule has 0 atom stereocenters. The highest BCUT2D eigenvalue weighted by atomic mass is 16.5. The Morgan fingerprint density at radius 3 is 1.70 bits per heavy atom. The topological polar surface area (TPSA) is 78.9 Å². The first-order valence-corrected chi connectivity index (χ1v) is 11.6. The number of carbonyl (C=O) groups excluding carboxylic acids is 3. The lowest BCUT2D eigenvalue weighted by molar-refractivity contribution is -0.131. The molecule has 0 saturated heterocycles. The quantitative estimate of drug-likeness (QED) is 0.191. The Bertz CT molecular complexity index is 1360. The van der Waals surface area contributed by atoms with Gasteiger partial charge in [0.05, 0.1) is 0 Å². The van der Waals surface area contributed by atoms with Crippen LogP contribution in [0.5, 0.6) is 17.2 Å². The molecule has 0 bridgehead atoms. The van der Waals surface area contributed by atoms with Gasteiger partial charge in [-0.05, 0) is 85.0 Å². The maximum atomic E-state index is 12.3. The standard InChI is InChI=1S/C31H28O6/c1-6-23-19-22(7-17-28(23)24-9-11-26(12-10-24)36-30(33)20(2)3)8-18-29(32)35-25-13-15-27(16-14-25)37-31(34)21(4)5/h7-19H,2,4,6H2,1,3,5H3/b18-8+. The molecular weight excluding hydrogens is 468 g/mol. The molecule has 3 rings (SSSR count). The van der Waals surface area contributed by atoms with Gasteiger partial charge in [-0.1, -0.05) is 50.4 Å². The van der Waals surface area contributed by atoms with Gasteiger partial charge in [-0.15, -0.1) is 0 Å². The maximum absolute atomic E-state index is 12.3. The molecule has 0 amide bonds. The van der Waals surface area contributed by atoms with Crippen molar-refractivity contribution in [2.75, 3.05) is 0 Å². The first-order chi connectivity index (χ1) is 17.7. The first kappa shape index (κ1) is 26.9. The van der Waals surface area contributed by atoms with Gasteiger partial charge in [0.1, 0.15) is 17.2 Å². The number of hydrogen-bond acceptors (Lipinski definition) is 6. The molecule has 37 heavy (non-hydrogen) atoms. The van der Waals surface area contributed by atoms with Crippen LogP contribution in [-0.2, 0) is 20.8 Å². The van der Waals surface area contributed by atoms with Crippen LogP contribution in [0.4, 0.5) is 0 Å². The van der Waals surface area contributed by atoms with Crippen LogP contribution in [0.2, 0.25) is 0 Å². The predicted molar refractivity (Wildman–Crippen MR) is 143 cm³/mol. The van der Waals surface area contributed by atoms with Gasteiger partial charge in [-0.2, -0.15) is 0 Å². The number of esters is 3. The van der Waals surface area contributed by atoms with Crippen LogP contribution in [0.25, 0.3) is 17.2 Å². The lowest BCUT2D eigenvalue weighted by Gasteiger charge is -2.11. The molecule has 6 heteroatoms. The molecule has 0 saturated carbocycles. The van der Waals surface area contributed by atoms with Crippen molar-refractivity contribution in [3.8, 4) is 28.4 Å². The summed E-state index contributed by atoms with van der Waals surface area (Å²) in [6.07, 6.45) is 3.83. The molecule has 3 aromatic carbocycles. The van der Waals surface area contributed by atoms with E-state index in [1.165, 1.54) is 18.2 Å². The average Bonchev–Trinajstić information content (AvgIpc) is 2.88. The SMILES string of the molecule is C=C(C)C(=O)Oc1ccc(OC(=O)/C=C/c2ccc(-c3ccc(OC(=O)C(=C)C)cc3)c(CC)c2)cc1. The van der Waals surface area contributed by atoms with Gasteiger partial charge in [-0.3, -0.25) is 0 Å². The highest BCUT2D eigenvalue weighted by molar-refractivity contribution is 5.90. The summed E-state index contributed by atoms with van der Waals surface area (Å²) in [6.45, 7) is 12.3. The van der Waals surface area contributed by atoms with E-state index in [1.807, 2.05) is 30.3 Å². The van der Waals surface area contributed by atoms with E-state index in [9.17, 15) is 14.4 Å². The summed E-state index contributed by atoms with van der Waals surface area (Å²) in [5, 5.41) is 0. The number of aryl methyl sites for hydroxylation is 1. The fraction of sp³-hybridized carbons (Fsp3) is 0.129. The normalized spacial score (nSPS) is 10.6. The van der Waals surface area contributed by atoms with E-state index in [4.69, 9.17) is 14.2 Å². The third-order valence-corrected chi connectivity index (χ3v) is 5.25. The van der Waals surface area contributed by atoms with Crippen molar-refractivity contribution in [2.24, 2.45) is 0 Å². The van der Waals surface area contributed by atoms with E-state index in [2.05, 4.69) is 20.1 Å². The number of carbonyl (C=O) groups is 3. The molecule has 3 aromatic rings. The third kappa shape index (κ3) is 7.64. The predicted octanol–water partition coefficient (Wildman–Crippen LogP) is 6.50. The second-order valence-electron chi connectivity index (χ2n) is 8.36. The van der Waals surface area contributed by atoms with E-state index in [-0.39, 0.29) is 0 Å². The largest absolute Gasteiger partial charge is 0.423 e. The van der Waals surface area contributed by atoms with Crippen molar-refractivity contribution < 1.29 is 28.6 Å². The van der Waals surface area contributed by atoms with Gasteiger partial charge in [0.2, 0.25) is 0 Å². The van der Waals surface area contributed by atoms with Gasteiger partial charge in [-0.25, -0.2) is 14.4 Å². The summed E-state index contributed by atoms with van der Waals surface area (Å²) < 4.78 is 15.7. The monoisotopic (exact) mass is 496 g/mol. The van der Waals surface area contributed by atoms with Gasteiger partial charge in [0, 0.05) is 17.2 Å². The highest BCUT2D eigenvalue weighted by Crippen LogP contribution is 2.28. The Hall–Kier alpha value is -4.71. The van der Waals surface area contributed by atoms with Crippen LogP contribution in [0.3, 0.4) is 0 Å². The molecule has 0 unspecified atom stereocenters. The molecule has 0 N–H and O–H groups in total. The minimum atomic E-state index is -0.534. The minimum Gasteiger partial charge on any atom is -0.423 e. The van der Waals surface area contributed by atoms with Crippen LogP contribution in [0.15, 0.2) is 97.1 Å². The molecule has 0 aromatic heterocycles. The molecule has 0 aliphatic rings. The molecular formula is C31H28O6. The Labute approximate surface area is 216 Å². The van der Waals surface area contributed by atoms with Crippen LogP contribution in [-0.4, -0.2) is 17.9 Å². The molecule has 188 valence electrons. The molecule has 0 radical (unpaired) electrons. The second-order valence-corrected chi connectivity index (χ2v) is 8.36. The number of ether oxygens (including phenoxy) is 3. The highest BCUT2D eigenvalue weighted by Gasteiger charge is 2.09. The molecule has 0 fully saturated rings. The number of benzene rings is 3. The fourth-order valence-corrected chi connectivity index (χ4v) is 3.27. The molecule has 0 aliphatic carbocycles. The summed E-state index contributed by atoms with van der Waals surface area (Å²) in [4.78, 5) is 35.6. The van der Waals surface area contributed by atoms with Crippen molar-refractivity contribution in [2.45, 2.75) is 27.2 Å². The Morgan fingerprint density at radius 1 is 0.730 bits per heavy atom. The zero-order chi connectivity index (χ0) is 26.9. The van der Waals surface area contributed by atoms with Gasteiger partial charge in [0.15, 0.2) is 0 Å². The Balaban J connectivity index is 1.65. The van der Waals surface area contributed by atoms with Crippen molar-refractivity contribution in [3.63, 3.8) is 0 Å². The molecule has 0 aliphatic heterocycles. The summed E-state index contributed by atoms with van der Waals surface area (Å²) in [5.41, 5.74) is 4.62. The molecule has 0 heterocycles. The van der Waals surface area contributed by atoms with E-state index in [1.54, 1.807) is 44.2 Å². The van der Waals surface area contributed by atoms with Crippen molar-refractivity contribution in [1.82, 2.24) is 0 Å². The third-order valence-electron chi connectivity index (χ3n) is 5.25. The second kappa shape index (κ2) is 12.3. The van der Waals surface area contributed by atoms with Crippen LogP contribution >= 0.6 is 0 Å². The van der Waals surface area contributed by atoms with Crippen molar-refractivity contribution >= 4 is 24.0 Å². The van der Waals surface area contributed by atoms with E-state index >= 15 is 0 Å². The summed E-state index contributed by atoms with van der Waals surface area (Å²) >= 11 is 0. The zero-order valence-electron chi connectivity index (χ0n) is 21.1. The van der Waals surface area contributed by atoms with Crippen LogP contribution < -0.4 is 14.2 Å². The fourth-order valence-electron chi connectivity index (χ4n) is 3.27.